The number of hydrazone groups is 1. The van der Waals surface area contributed by atoms with E-state index in [9.17, 15) is 14.4 Å². The molecular formula is C31H38N4O5. The molecule has 3 amide bonds. The number of aryl methyl sites for hydroxylation is 1. The van der Waals surface area contributed by atoms with Crippen LogP contribution in [0.1, 0.15) is 51.0 Å². The van der Waals surface area contributed by atoms with Crippen LogP contribution in [0.2, 0.25) is 0 Å². The minimum absolute atomic E-state index is 0.0641. The van der Waals surface area contributed by atoms with Gasteiger partial charge in [0.2, 0.25) is 0 Å². The molecule has 9 heteroatoms. The first-order chi connectivity index (χ1) is 19.5. The molecule has 0 saturated carbocycles. The van der Waals surface area contributed by atoms with Crippen LogP contribution in [-0.4, -0.2) is 78.2 Å². The molecular weight excluding hydrogens is 508 g/mol. The van der Waals surface area contributed by atoms with Crippen molar-refractivity contribution < 1.29 is 23.9 Å². The van der Waals surface area contributed by atoms with Crippen LogP contribution in [0, 0.1) is 0 Å². The molecule has 5 rings (SSSR count). The Balaban J connectivity index is 1.37. The van der Waals surface area contributed by atoms with Gasteiger partial charge in [-0.3, -0.25) is 14.4 Å². The zero-order valence-corrected chi connectivity index (χ0v) is 23.2. The highest BCUT2D eigenvalue weighted by atomic mass is 16.5. The number of carbonyl (C=O) groups excluding carboxylic acids is 3. The van der Waals surface area contributed by atoms with Gasteiger partial charge in [0.05, 0.1) is 31.8 Å². The standard InChI is InChI=1S/C31H38N4O5/c1-2-3-17-33-18-20-39-27-15-8-7-11-24(27)12-9-10-16-31(30(33)38)23-34(19-21-40-31)29(37)26-22-28(36)35(32-26)25-13-5-4-6-14-25/h4-8,11,13-15H,2-3,9-10,12,16-23H2,1H3. The lowest BCUT2D eigenvalue weighted by molar-refractivity contribution is -0.175. The summed E-state index contributed by atoms with van der Waals surface area (Å²) in [5, 5.41) is 5.67. The Kier molecular flexibility index (Phi) is 8.79. The van der Waals surface area contributed by atoms with Gasteiger partial charge in [-0.05, 0) is 55.9 Å². The minimum atomic E-state index is -1.14. The molecule has 3 aliphatic heterocycles. The van der Waals surface area contributed by atoms with Crippen molar-refractivity contribution >= 4 is 29.1 Å². The predicted molar refractivity (Wildman–Crippen MR) is 152 cm³/mol. The number of para-hydroxylation sites is 2. The largest absolute Gasteiger partial charge is 0.491 e. The van der Waals surface area contributed by atoms with Crippen LogP contribution >= 0.6 is 0 Å². The Hall–Kier alpha value is -3.72. The smallest absolute Gasteiger partial charge is 0.270 e. The van der Waals surface area contributed by atoms with Gasteiger partial charge in [-0.1, -0.05) is 49.7 Å². The molecule has 2 aromatic carbocycles. The number of hydrogen-bond acceptors (Lipinski definition) is 6. The third kappa shape index (κ3) is 6.04. The summed E-state index contributed by atoms with van der Waals surface area (Å²) in [7, 11) is 0. The number of nitrogens with zero attached hydrogens (tertiary/aromatic N) is 4. The summed E-state index contributed by atoms with van der Waals surface area (Å²) in [5.74, 6) is 0.227. The van der Waals surface area contributed by atoms with Crippen molar-refractivity contribution in [3.8, 4) is 5.75 Å². The summed E-state index contributed by atoms with van der Waals surface area (Å²) in [6.07, 6.45) is 4.76. The van der Waals surface area contributed by atoms with Gasteiger partial charge in [-0.15, -0.1) is 0 Å². The molecule has 0 bridgehead atoms. The van der Waals surface area contributed by atoms with E-state index >= 15 is 0 Å². The summed E-state index contributed by atoms with van der Waals surface area (Å²) in [6.45, 7) is 4.28. The zero-order valence-electron chi connectivity index (χ0n) is 23.2. The molecule has 0 N–H and O–H groups in total. The van der Waals surface area contributed by atoms with E-state index in [4.69, 9.17) is 9.47 Å². The fraction of sp³-hybridized carbons (Fsp3) is 0.484. The minimum Gasteiger partial charge on any atom is -0.491 e. The SMILES string of the molecule is CCCCN1CCOc2ccccc2CCCCC2(CN(C(=O)C3=NN(c4ccccc4)C(=O)C3)CCO2)C1=O. The van der Waals surface area contributed by atoms with Gasteiger partial charge in [-0.2, -0.15) is 10.1 Å². The van der Waals surface area contributed by atoms with Crippen molar-refractivity contribution in [2.75, 3.05) is 44.4 Å². The summed E-state index contributed by atoms with van der Waals surface area (Å²) >= 11 is 0. The first-order valence-electron chi connectivity index (χ1n) is 14.4. The first kappa shape index (κ1) is 27.8. The summed E-state index contributed by atoms with van der Waals surface area (Å²) in [5.41, 5.74) is 0.845. The molecule has 0 aliphatic carbocycles. The molecule has 3 aliphatic rings. The van der Waals surface area contributed by atoms with Gasteiger partial charge < -0.3 is 19.3 Å². The lowest BCUT2D eigenvalue weighted by atomic mass is 9.90. The Morgan fingerprint density at radius 2 is 1.80 bits per heavy atom. The van der Waals surface area contributed by atoms with Gasteiger partial charge in [0.1, 0.15) is 18.1 Å². The molecule has 9 nitrogen and oxygen atoms in total. The predicted octanol–water partition coefficient (Wildman–Crippen LogP) is 3.81. The second-order valence-corrected chi connectivity index (χ2v) is 10.6. The van der Waals surface area contributed by atoms with Gasteiger partial charge in [0.15, 0.2) is 5.60 Å². The van der Waals surface area contributed by atoms with E-state index in [1.807, 2.05) is 41.3 Å². The van der Waals surface area contributed by atoms with E-state index in [-0.39, 0.29) is 43.0 Å². The summed E-state index contributed by atoms with van der Waals surface area (Å²) < 4.78 is 12.4. The van der Waals surface area contributed by atoms with Gasteiger partial charge in [0.25, 0.3) is 17.7 Å². The molecule has 1 atom stereocenters. The second-order valence-electron chi connectivity index (χ2n) is 10.6. The average molecular weight is 547 g/mol. The van der Waals surface area contributed by atoms with E-state index in [0.717, 1.165) is 43.4 Å². The third-order valence-corrected chi connectivity index (χ3v) is 7.82. The fourth-order valence-corrected chi connectivity index (χ4v) is 5.64. The maximum atomic E-state index is 14.2. The number of hydrogen-bond donors (Lipinski definition) is 0. The van der Waals surface area contributed by atoms with Crippen LogP contribution in [0.3, 0.4) is 0 Å². The number of unbranched alkanes of at least 4 members (excludes halogenated alkanes) is 1. The molecule has 1 unspecified atom stereocenters. The Morgan fingerprint density at radius 3 is 2.62 bits per heavy atom. The molecule has 0 radical (unpaired) electrons. The first-order valence-corrected chi connectivity index (χ1v) is 14.4. The summed E-state index contributed by atoms with van der Waals surface area (Å²) in [6, 6.07) is 17.2. The van der Waals surface area contributed by atoms with E-state index in [0.29, 0.717) is 38.3 Å². The molecule has 2 aromatic rings. The Morgan fingerprint density at radius 1 is 1.00 bits per heavy atom. The van der Waals surface area contributed by atoms with Crippen molar-refractivity contribution in [3.63, 3.8) is 0 Å². The van der Waals surface area contributed by atoms with Crippen molar-refractivity contribution in [1.29, 1.82) is 0 Å². The van der Waals surface area contributed by atoms with Crippen molar-refractivity contribution in [1.82, 2.24) is 9.80 Å². The van der Waals surface area contributed by atoms with Crippen LogP contribution < -0.4 is 9.75 Å². The third-order valence-electron chi connectivity index (χ3n) is 7.82. The molecule has 1 fully saturated rings. The van der Waals surface area contributed by atoms with E-state index in [1.54, 1.807) is 17.0 Å². The van der Waals surface area contributed by atoms with Crippen molar-refractivity contribution in [3.05, 3.63) is 60.2 Å². The average Bonchev–Trinajstić information content (AvgIpc) is 3.38. The number of morpholine rings is 1. The van der Waals surface area contributed by atoms with Gasteiger partial charge in [-0.25, -0.2) is 0 Å². The molecule has 212 valence electrons. The molecule has 0 aromatic heterocycles. The maximum Gasteiger partial charge on any atom is 0.270 e. The second kappa shape index (κ2) is 12.6. The normalized spacial score (nSPS) is 22.3. The number of anilines is 1. The highest BCUT2D eigenvalue weighted by Gasteiger charge is 2.47. The monoisotopic (exact) mass is 546 g/mol. The fourth-order valence-electron chi connectivity index (χ4n) is 5.64. The number of benzene rings is 2. The maximum absolute atomic E-state index is 14.2. The molecule has 1 spiro atoms. The van der Waals surface area contributed by atoms with E-state index < -0.39 is 5.60 Å². The number of amides is 3. The van der Waals surface area contributed by atoms with E-state index in [2.05, 4.69) is 18.1 Å². The zero-order chi connectivity index (χ0) is 28.0. The molecule has 40 heavy (non-hydrogen) atoms. The number of fused-ring (bicyclic) bond motifs is 1. The van der Waals surface area contributed by atoms with Crippen molar-refractivity contribution in [2.45, 2.75) is 57.5 Å². The molecule has 3 heterocycles. The number of carbonyl (C=O) groups is 3. The Bertz CT molecular complexity index is 1250. The molecule has 1 saturated heterocycles. The summed E-state index contributed by atoms with van der Waals surface area (Å²) in [4.78, 5) is 44.0. The van der Waals surface area contributed by atoms with Gasteiger partial charge in [0, 0.05) is 13.1 Å². The highest BCUT2D eigenvalue weighted by molar-refractivity contribution is 6.44. The van der Waals surface area contributed by atoms with Crippen LogP contribution in [0.5, 0.6) is 5.75 Å². The lowest BCUT2D eigenvalue weighted by Gasteiger charge is -2.44. The Labute approximate surface area is 235 Å². The van der Waals surface area contributed by atoms with Crippen LogP contribution in [-0.2, 0) is 25.5 Å². The topological polar surface area (TPSA) is 91.8 Å². The quantitative estimate of drug-likeness (QED) is 0.569. The number of rotatable bonds is 5. The van der Waals surface area contributed by atoms with Gasteiger partial charge >= 0.3 is 0 Å². The highest BCUT2D eigenvalue weighted by Crippen LogP contribution is 2.30. The van der Waals surface area contributed by atoms with Crippen LogP contribution in [0.25, 0.3) is 0 Å². The van der Waals surface area contributed by atoms with E-state index in [1.165, 1.54) is 5.01 Å². The van der Waals surface area contributed by atoms with Crippen LogP contribution in [0.15, 0.2) is 59.7 Å². The van der Waals surface area contributed by atoms with Crippen LogP contribution in [0.4, 0.5) is 5.69 Å². The van der Waals surface area contributed by atoms with Crippen molar-refractivity contribution in [2.24, 2.45) is 5.10 Å². The number of ether oxygens (including phenoxy) is 2. The lowest BCUT2D eigenvalue weighted by Crippen LogP contribution is -2.62.